The summed E-state index contributed by atoms with van der Waals surface area (Å²) in [5.74, 6) is 6.85. The molecule has 3 aromatic carbocycles. The molecular formula is C27H25NO3. The summed E-state index contributed by atoms with van der Waals surface area (Å²) in [7, 11) is 0. The van der Waals surface area contributed by atoms with Crippen molar-refractivity contribution in [1.82, 2.24) is 5.32 Å². The van der Waals surface area contributed by atoms with Gasteiger partial charge in [0.05, 0.1) is 12.6 Å². The van der Waals surface area contributed by atoms with Crippen LogP contribution in [0.2, 0.25) is 0 Å². The lowest BCUT2D eigenvalue weighted by Gasteiger charge is -2.14. The molecule has 0 saturated heterocycles. The topological polar surface area (TPSA) is 47.6 Å². The Balaban J connectivity index is 1.29. The van der Waals surface area contributed by atoms with E-state index < -0.39 is 6.09 Å². The quantitative estimate of drug-likeness (QED) is 0.575. The molecule has 0 atom stereocenters. The Bertz CT molecular complexity index is 1080. The average Bonchev–Trinajstić information content (AvgIpc) is 3.10. The van der Waals surface area contributed by atoms with E-state index in [0.717, 1.165) is 11.3 Å². The van der Waals surface area contributed by atoms with Crippen molar-refractivity contribution < 1.29 is 14.3 Å². The highest BCUT2D eigenvalue weighted by Gasteiger charge is 2.28. The SMILES string of the molecule is CC(C)Oc1ccc(C#CCNC(=O)OCC2c3ccccc3-c3ccccc32)cc1. The summed E-state index contributed by atoms with van der Waals surface area (Å²) in [6.45, 7) is 4.50. The first kappa shape index (κ1) is 20.6. The number of amides is 1. The Labute approximate surface area is 183 Å². The normalized spacial score (nSPS) is 11.8. The molecule has 0 aromatic heterocycles. The molecule has 1 N–H and O–H groups in total. The van der Waals surface area contributed by atoms with E-state index in [0.29, 0.717) is 6.61 Å². The van der Waals surface area contributed by atoms with Crippen LogP contribution >= 0.6 is 0 Å². The first-order chi connectivity index (χ1) is 15.1. The molecule has 0 radical (unpaired) electrons. The van der Waals surface area contributed by atoms with Crippen LogP contribution < -0.4 is 10.1 Å². The molecule has 31 heavy (non-hydrogen) atoms. The number of hydrogen-bond donors (Lipinski definition) is 1. The Morgan fingerprint density at radius 2 is 1.55 bits per heavy atom. The molecule has 0 aliphatic heterocycles. The van der Waals surface area contributed by atoms with Crippen molar-refractivity contribution in [2.24, 2.45) is 0 Å². The van der Waals surface area contributed by atoms with Crippen molar-refractivity contribution in [3.8, 4) is 28.7 Å². The average molecular weight is 412 g/mol. The molecule has 4 heteroatoms. The van der Waals surface area contributed by atoms with Gasteiger partial charge in [-0.25, -0.2) is 4.79 Å². The van der Waals surface area contributed by atoms with Crippen LogP contribution in [0.15, 0.2) is 72.8 Å². The van der Waals surface area contributed by atoms with Crippen molar-refractivity contribution in [2.45, 2.75) is 25.9 Å². The third-order valence-electron chi connectivity index (χ3n) is 5.12. The van der Waals surface area contributed by atoms with Crippen LogP contribution in [0.3, 0.4) is 0 Å². The lowest BCUT2D eigenvalue weighted by atomic mass is 9.98. The number of carbonyl (C=O) groups is 1. The minimum Gasteiger partial charge on any atom is -0.491 e. The number of rotatable bonds is 5. The summed E-state index contributed by atoms with van der Waals surface area (Å²) < 4.78 is 11.1. The maximum Gasteiger partial charge on any atom is 0.407 e. The number of hydrogen-bond acceptors (Lipinski definition) is 3. The molecule has 4 nitrogen and oxygen atoms in total. The number of ether oxygens (including phenoxy) is 2. The van der Waals surface area contributed by atoms with Gasteiger partial charge in [0.25, 0.3) is 0 Å². The van der Waals surface area contributed by atoms with E-state index in [2.05, 4.69) is 41.4 Å². The number of carbonyl (C=O) groups excluding carboxylic acids is 1. The zero-order valence-corrected chi connectivity index (χ0v) is 17.7. The summed E-state index contributed by atoms with van der Waals surface area (Å²) in [6, 6.07) is 24.1. The van der Waals surface area contributed by atoms with Gasteiger partial charge in [0.2, 0.25) is 0 Å². The molecule has 0 spiro atoms. The second-order valence-corrected chi connectivity index (χ2v) is 7.67. The second kappa shape index (κ2) is 9.40. The first-order valence-corrected chi connectivity index (χ1v) is 10.5. The fraction of sp³-hybridized carbons (Fsp3) is 0.222. The van der Waals surface area contributed by atoms with E-state index in [1.807, 2.05) is 62.4 Å². The zero-order chi connectivity index (χ0) is 21.6. The van der Waals surface area contributed by atoms with Crippen molar-refractivity contribution in [3.63, 3.8) is 0 Å². The summed E-state index contributed by atoms with van der Waals surface area (Å²) >= 11 is 0. The molecule has 1 aliphatic carbocycles. The molecule has 0 bridgehead atoms. The highest BCUT2D eigenvalue weighted by atomic mass is 16.5. The number of fused-ring (bicyclic) bond motifs is 3. The third-order valence-corrected chi connectivity index (χ3v) is 5.12. The number of benzene rings is 3. The molecule has 0 heterocycles. The van der Waals surface area contributed by atoms with Gasteiger partial charge in [-0.1, -0.05) is 60.4 Å². The van der Waals surface area contributed by atoms with Gasteiger partial charge in [0.1, 0.15) is 12.4 Å². The molecule has 3 aromatic rings. The van der Waals surface area contributed by atoms with Crippen LogP contribution in [0.4, 0.5) is 4.79 Å². The minimum atomic E-state index is -0.461. The van der Waals surface area contributed by atoms with Gasteiger partial charge in [-0.15, -0.1) is 0 Å². The summed E-state index contributed by atoms with van der Waals surface area (Å²) in [4.78, 5) is 12.2. The molecule has 156 valence electrons. The van der Waals surface area contributed by atoms with Crippen LogP contribution in [-0.2, 0) is 4.74 Å². The Morgan fingerprint density at radius 1 is 0.935 bits per heavy atom. The van der Waals surface area contributed by atoms with Gasteiger partial charge in [-0.3, -0.25) is 0 Å². The number of nitrogens with one attached hydrogen (secondary N) is 1. The molecular weight excluding hydrogens is 386 g/mol. The van der Waals surface area contributed by atoms with E-state index in [9.17, 15) is 4.79 Å². The van der Waals surface area contributed by atoms with Crippen molar-refractivity contribution in [2.75, 3.05) is 13.2 Å². The monoisotopic (exact) mass is 411 g/mol. The van der Waals surface area contributed by atoms with Crippen LogP contribution in [0.25, 0.3) is 11.1 Å². The maximum absolute atomic E-state index is 12.2. The van der Waals surface area contributed by atoms with Gasteiger partial charge in [-0.05, 0) is 60.4 Å². The molecule has 1 aliphatic rings. The lowest BCUT2D eigenvalue weighted by molar-refractivity contribution is 0.144. The smallest absolute Gasteiger partial charge is 0.407 e. The summed E-state index contributed by atoms with van der Waals surface area (Å²) in [6.07, 6.45) is -0.324. The minimum absolute atomic E-state index is 0.0517. The van der Waals surface area contributed by atoms with Crippen molar-refractivity contribution in [1.29, 1.82) is 0 Å². The van der Waals surface area contributed by atoms with Gasteiger partial charge in [0.15, 0.2) is 0 Å². The van der Waals surface area contributed by atoms with Gasteiger partial charge in [-0.2, -0.15) is 0 Å². The zero-order valence-electron chi connectivity index (χ0n) is 17.7. The largest absolute Gasteiger partial charge is 0.491 e. The molecule has 0 unspecified atom stereocenters. The molecule has 0 saturated carbocycles. The lowest BCUT2D eigenvalue weighted by Crippen LogP contribution is -2.26. The van der Waals surface area contributed by atoms with Crippen molar-refractivity contribution in [3.05, 3.63) is 89.5 Å². The second-order valence-electron chi connectivity index (χ2n) is 7.67. The van der Waals surface area contributed by atoms with E-state index in [1.54, 1.807) is 0 Å². The number of alkyl carbamates (subject to hydrolysis) is 1. The van der Waals surface area contributed by atoms with E-state index in [4.69, 9.17) is 9.47 Å². The molecule has 4 rings (SSSR count). The third kappa shape index (κ3) is 4.90. The predicted molar refractivity (Wildman–Crippen MR) is 122 cm³/mol. The van der Waals surface area contributed by atoms with Crippen LogP contribution in [0.5, 0.6) is 5.75 Å². The predicted octanol–water partition coefficient (Wildman–Crippen LogP) is 5.36. The molecule has 1 amide bonds. The Morgan fingerprint density at radius 3 is 2.16 bits per heavy atom. The van der Waals surface area contributed by atoms with Crippen molar-refractivity contribution >= 4 is 6.09 Å². The highest BCUT2D eigenvalue weighted by molar-refractivity contribution is 5.79. The Kier molecular flexibility index (Phi) is 6.24. The van der Waals surface area contributed by atoms with Gasteiger partial charge in [0, 0.05) is 11.5 Å². The Hall–Kier alpha value is -3.71. The van der Waals surface area contributed by atoms with Crippen LogP contribution in [0, 0.1) is 11.8 Å². The first-order valence-electron chi connectivity index (χ1n) is 10.5. The standard InChI is InChI=1S/C27H25NO3/c1-19(2)31-21-15-13-20(14-16-21)8-7-17-28-27(29)30-18-26-24-11-5-3-9-22(24)23-10-4-6-12-25(23)26/h3-6,9-16,19,26H,17-18H2,1-2H3,(H,28,29). The maximum atomic E-state index is 12.2. The highest BCUT2D eigenvalue weighted by Crippen LogP contribution is 2.44. The van der Waals surface area contributed by atoms with E-state index >= 15 is 0 Å². The molecule has 0 fully saturated rings. The van der Waals surface area contributed by atoms with Crippen LogP contribution in [-0.4, -0.2) is 25.3 Å². The summed E-state index contributed by atoms with van der Waals surface area (Å²) in [5.41, 5.74) is 5.68. The van der Waals surface area contributed by atoms with Gasteiger partial charge < -0.3 is 14.8 Å². The van der Waals surface area contributed by atoms with Crippen LogP contribution in [0.1, 0.15) is 36.5 Å². The van der Waals surface area contributed by atoms with Gasteiger partial charge >= 0.3 is 6.09 Å². The van der Waals surface area contributed by atoms with E-state index in [-0.39, 0.29) is 18.6 Å². The fourth-order valence-corrected chi connectivity index (χ4v) is 3.80. The fourth-order valence-electron chi connectivity index (χ4n) is 3.80. The summed E-state index contributed by atoms with van der Waals surface area (Å²) in [5, 5.41) is 2.70. The van der Waals surface area contributed by atoms with E-state index in [1.165, 1.54) is 22.3 Å².